The summed E-state index contributed by atoms with van der Waals surface area (Å²) >= 11 is 0. The molecule has 0 aromatic heterocycles. The maximum atomic E-state index is 13.5. The van der Waals surface area contributed by atoms with E-state index >= 15 is 0 Å². The summed E-state index contributed by atoms with van der Waals surface area (Å²) in [6.45, 7) is 2.80. The zero-order chi connectivity index (χ0) is 19.5. The molecule has 1 amide bonds. The number of nitrogens with zero attached hydrogens (tertiary/aromatic N) is 2. The molecule has 7 rings (SSSR count). The minimum Gasteiger partial charge on any atom is -0.493 e. The van der Waals surface area contributed by atoms with Gasteiger partial charge in [0.05, 0.1) is 45.1 Å². The molecule has 0 radical (unpaired) electrons. The van der Waals surface area contributed by atoms with Crippen molar-refractivity contribution in [2.45, 2.75) is 42.9 Å². The standard InChI is InChI=1S/C23H26N2O4.2H2O/c1-27-16-8-14-15(9-17(16)28-2)25-20(26)10-18-21-13-7-19-23(14,22(21)25)4-5-24(19)11-12(13)3-6-29-18;;/h3,8-9,13,18-19,21-22H,4-7,10-11H2,1-2H3;2*1H2. The smallest absolute Gasteiger partial charge is 0.229 e. The lowest BCUT2D eigenvalue weighted by atomic mass is 9.53. The fourth-order valence-corrected chi connectivity index (χ4v) is 7.87. The summed E-state index contributed by atoms with van der Waals surface area (Å²) in [6, 6.07) is 4.87. The lowest BCUT2D eigenvalue weighted by Crippen LogP contribution is -2.69. The van der Waals surface area contributed by atoms with E-state index in [1.165, 1.54) is 12.0 Å². The minimum atomic E-state index is -0.0242. The Balaban J connectivity index is 0.00000102. The lowest BCUT2D eigenvalue weighted by Gasteiger charge is -2.58. The number of carbonyl (C=O) groups is 1. The van der Waals surface area contributed by atoms with Crippen molar-refractivity contribution in [3.05, 3.63) is 29.3 Å². The summed E-state index contributed by atoms with van der Waals surface area (Å²) in [5.41, 5.74) is 3.85. The number of fused-ring (bicyclic) bond motifs is 2. The Morgan fingerprint density at radius 2 is 1.94 bits per heavy atom. The number of amides is 1. The van der Waals surface area contributed by atoms with E-state index in [1.54, 1.807) is 19.8 Å². The first-order chi connectivity index (χ1) is 14.2. The summed E-state index contributed by atoms with van der Waals surface area (Å²) in [4.78, 5) is 18.3. The second-order valence-electron chi connectivity index (χ2n) is 9.48. The van der Waals surface area contributed by atoms with E-state index in [9.17, 15) is 4.79 Å². The lowest BCUT2D eigenvalue weighted by molar-refractivity contribution is -0.132. The van der Waals surface area contributed by atoms with Crippen LogP contribution in [-0.2, 0) is 14.9 Å². The summed E-state index contributed by atoms with van der Waals surface area (Å²) in [6.07, 6.45) is 5.11. The molecule has 1 aromatic carbocycles. The molecule has 8 heteroatoms. The van der Waals surface area contributed by atoms with E-state index in [4.69, 9.17) is 14.2 Å². The molecule has 1 aromatic rings. The van der Waals surface area contributed by atoms with E-state index in [2.05, 4.69) is 21.9 Å². The number of benzene rings is 1. The first-order valence-corrected chi connectivity index (χ1v) is 10.8. The van der Waals surface area contributed by atoms with Crippen LogP contribution in [0.2, 0.25) is 0 Å². The number of hydrogen-bond acceptors (Lipinski definition) is 5. The number of methoxy groups -OCH3 is 2. The van der Waals surface area contributed by atoms with Gasteiger partial charge in [-0.25, -0.2) is 0 Å². The number of rotatable bonds is 2. The second-order valence-corrected chi connectivity index (χ2v) is 9.48. The molecule has 6 aliphatic rings. The van der Waals surface area contributed by atoms with Crippen LogP contribution in [0.25, 0.3) is 0 Å². The Hall–Kier alpha value is -2.13. The van der Waals surface area contributed by atoms with Crippen LogP contribution in [0.15, 0.2) is 23.8 Å². The van der Waals surface area contributed by atoms with Crippen molar-refractivity contribution in [1.82, 2.24) is 4.90 Å². The van der Waals surface area contributed by atoms with Crippen LogP contribution < -0.4 is 14.4 Å². The highest BCUT2D eigenvalue weighted by Gasteiger charge is 2.71. The van der Waals surface area contributed by atoms with Gasteiger partial charge in [-0.05, 0) is 36.9 Å². The first kappa shape index (κ1) is 20.8. The minimum absolute atomic E-state index is 0. The van der Waals surface area contributed by atoms with Gasteiger partial charge in [-0.15, -0.1) is 0 Å². The van der Waals surface area contributed by atoms with Gasteiger partial charge >= 0.3 is 0 Å². The van der Waals surface area contributed by atoms with Gasteiger partial charge in [0, 0.05) is 30.0 Å². The number of anilines is 1. The van der Waals surface area contributed by atoms with Crippen LogP contribution >= 0.6 is 0 Å². The highest BCUT2D eigenvalue weighted by molar-refractivity contribution is 5.99. The maximum absolute atomic E-state index is 13.5. The van der Waals surface area contributed by atoms with Gasteiger partial charge in [0.1, 0.15) is 0 Å². The van der Waals surface area contributed by atoms with Crippen molar-refractivity contribution in [3.63, 3.8) is 0 Å². The average molecular weight is 431 g/mol. The van der Waals surface area contributed by atoms with Crippen LogP contribution in [-0.4, -0.2) is 73.9 Å². The molecule has 3 saturated heterocycles. The Kier molecular flexibility index (Phi) is 4.47. The molecule has 4 fully saturated rings. The fraction of sp³-hybridized carbons (Fsp3) is 0.609. The van der Waals surface area contributed by atoms with Gasteiger partial charge in [-0.3, -0.25) is 9.69 Å². The Labute approximate surface area is 181 Å². The molecule has 4 N–H and O–H groups in total. The van der Waals surface area contributed by atoms with Crippen molar-refractivity contribution in [2.24, 2.45) is 11.8 Å². The summed E-state index contributed by atoms with van der Waals surface area (Å²) in [5, 5.41) is 0. The van der Waals surface area contributed by atoms with Crippen molar-refractivity contribution in [1.29, 1.82) is 0 Å². The van der Waals surface area contributed by atoms with Gasteiger partial charge in [-0.2, -0.15) is 0 Å². The zero-order valence-corrected chi connectivity index (χ0v) is 17.9. The van der Waals surface area contributed by atoms with Crippen molar-refractivity contribution in [2.75, 3.05) is 38.8 Å². The predicted molar refractivity (Wildman–Crippen MR) is 114 cm³/mol. The van der Waals surface area contributed by atoms with Gasteiger partial charge in [0.15, 0.2) is 11.5 Å². The van der Waals surface area contributed by atoms with E-state index in [0.717, 1.165) is 30.9 Å². The monoisotopic (exact) mass is 430 g/mol. The third-order valence-electron chi connectivity index (χ3n) is 8.81. The summed E-state index contributed by atoms with van der Waals surface area (Å²) in [5.74, 6) is 2.57. The van der Waals surface area contributed by atoms with Gasteiger partial charge in [0.2, 0.25) is 5.91 Å². The molecule has 1 spiro atoms. The molecule has 1 saturated carbocycles. The number of piperidine rings is 2. The van der Waals surface area contributed by atoms with Crippen LogP contribution in [0.4, 0.5) is 5.69 Å². The van der Waals surface area contributed by atoms with Crippen LogP contribution in [0.3, 0.4) is 0 Å². The van der Waals surface area contributed by atoms with Crippen molar-refractivity contribution >= 4 is 11.6 Å². The summed E-state index contributed by atoms with van der Waals surface area (Å²) < 4.78 is 17.6. The molecule has 6 atom stereocenters. The SMILES string of the molecule is COc1cc2c(cc1OC)C13CCN4CC5=CCOC6CC(=O)N2C1C6C5CC43.O.O. The molecular weight excluding hydrogens is 400 g/mol. The third kappa shape index (κ3) is 2.21. The van der Waals surface area contributed by atoms with Gasteiger partial charge < -0.3 is 30.1 Å². The molecule has 31 heavy (non-hydrogen) atoms. The predicted octanol–water partition coefficient (Wildman–Crippen LogP) is 0.460. The van der Waals surface area contributed by atoms with Crippen LogP contribution in [0.1, 0.15) is 24.8 Å². The quantitative estimate of drug-likeness (QED) is 0.633. The number of ether oxygens (including phenoxy) is 3. The Morgan fingerprint density at radius 3 is 2.71 bits per heavy atom. The Morgan fingerprint density at radius 1 is 1.16 bits per heavy atom. The third-order valence-corrected chi connectivity index (χ3v) is 8.81. The second kappa shape index (κ2) is 6.68. The normalized spacial score (nSPS) is 38.4. The molecule has 8 nitrogen and oxygen atoms in total. The number of carbonyl (C=O) groups excluding carboxylic acids is 1. The topological polar surface area (TPSA) is 114 Å². The van der Waals surface area contributed by atoms with E-state index < -0.39 is 0 Å². The van der Waals surface area contributed by atoms with Crippen LogP contribution in [0.5, 0.6) is 11.5 Å². The molecule has 5 aliphatic heterocycles. The van der Waals surface area contributed by atoms with Gasteiger partial charge in [0.25, 0.3) is 0 Å². The first-order valence-electron chi connectivity index (χ1n) is 10.8. The van der Waals surface area contributed by atoms with E-state index in [0.29, 0.717) is 36.7 Å². The fourth-order valence-electron chi connectivity index (χ4n) is 7.87. The maximum Gasteiger partial charge on any atom is 0.229 e. The molecule has 2 bridgehead atoms. The highest BCUT2D eigenvalue weighted by atomic mass is 16.5. The molecule has 1 aliphatic carbocycles. The average Bonchev–Trinajstić information content (AvgIpc) is 3.20. The summed E-state index contributed by atoms with van der Waals surface area (Å²) in [7, 11) is 3.36. The Bertz CT molecular complexity index is 979. The molecular formula is C23H30N2O6. The molecule has 168 valence electrons. The van der Waals surface area contributed by atoms with E-state index in [1.807, 2.05) is 6.07 Å². The molecule has 6 unspecified atom stereocenters. The molecule has 5 heterocycles. The largest absolute Gasteiger partial charge is 0.493 e. The van der Waals surface area contributed by atoms with Crippen molar-refractivity contribution < 1.29 is 30.0 Å². The number of hydrogen-bond donors (Lipinski definition) is 0. The highest BCUT2D eigenvalue weighted by Crippen LogP contribution is 2.66. The van der Waals surface area contributed by atoms with Crippen LogP contribution in [0, 0.1) is 11.8 Å². The zero-order valence-electron chi connectivity index (χ0n) is 17.9. The van der Waals surface area contributed by atoms with Crippen molar-refractivity contribution in [3.8, 4) is 11.5 Å². The van der Waals surface area contributed by atoms with Gasteiger partial charge in [-0.1, -0.05) is 11.6 Å². The van der Waals surface area contributed by atoms with E-state index in [-0.39, 0.29) is 34.4 Å².